The molecule has 1 amide bonds. The SMILES string of the molecule is COc1c(C)cnc(CN(C)C(=O)C2CCCOC2C)c1C. The number of hydrogen-bond acceptors (Lipinski definition) is 4. The van der Waals surface area contributed by atoms with Crippen LogP contribution in [-0.2, 0) is 16.1 Å². The van der Waals surface area contributed by atoms with Crippen LogP contribution in [0, 0.1) is 19.8 Å². The Bertz CT molecular complexity index is 545. The normalized spacial score (nSPS) is 21.5. The van der Waals surface area contributed by atoms with Gasteiger partial charge in [0.1, 0.15) is 5.75 Å². The smallest absolute Gasteiger partial charge is 0.228 e. The first kappa shape index (κ1) is 16.7. The molecule has 1 fully saturated rings. The van der Waals surface area contributed by atoms with Gasteiger partial charge in [0.25, 0.3) is 0 Å². The predicted molar refractivity (Wildman–Crippen MR) is 84.9 cm³/mol. The maximum Gasteiger partial charge on any atom is 0.228 e. The fourth-order valence-corrected chi connectivity index (χ4v) is 3.06. The molecule has 0 radical (unpaired) electrons. The zero-order valence-corrected chi connectivity index (χ0v) is 14.2. The molecule has 1 saturated heterocycles. The van der Waals surface area contributed by atoms with E-state index in [-0.39, 0.29) is 17.9 Å². The topological polar surface area (TPSA) is 51.7 Å². The number of carbonyl (C=O) groups is 1. The van der Waals surface area contributed by atoms with Gasteiger partial charge in [-0.2, -0.15) is 0 Å². The van der Waals surface area contributed by atoms with Crippen molar-refractivity contribution in [3.05, 3.63) is 23.0 Å². The van der Waals surface area contributed by atoms with E-state index >= 15 is 0 Å². The monoisotopic (exact) mass is 306 g/mol. The molecule has 2 rings (SSSR count). The summed E-state index contributed by atoms with van der Waals surface area (Å²) in [5, 5.41) is 0. The number of rotatable bonds is 4. The van der Waals surface area contributed by atoms with Crippen LogP contribution in [0.3, 0.4) is 0 Å². The van der Waals surface area contributed by atoms with E-state index in [0.29, 0.717) is 6.54 Å². The summed E-state index contributed by atoms with van der Waals surface area (Å²) in [5.41, 5.74) is 2.88. The number of amides is 1. The van der Waals surface area contributed by atoms with Crippen LogP contribution in [0.5, 0.6) is 5.75 Å². The van der Waals surface area contributed by atoms with Crippen LogP contribution >= 0.6 is 0 Å². The molecule has 122 valence electrons. The first-order chi connectivity index (χ1) is 10.5. The van der Waals surface area contributed by atoms with Crippen molar-refractivity contribution < 1.29 is 14.3 Å². The van der Waals surface area contributed by atoms with E-state index in [1.54, 1.807) is 18.2 Å². The van der Waals surface area contributed by atoms with Crippen molar-refractivity contribution in [2.24, 2.45) is 5.92 Å². The third kappa shape index (κ3) is 3.40. The maximum atomic E-state index is 12.6. The third-order valence-electron chi connectivity index (χ3n) is 4.44. The predicted octanol–water partition coefficient (Wildman–Crippen LogP) is 2.48. The van der Waals surface area contributed by atoms with E-state index in [2.05, 4.69) is 4.98 Å². The molecule has 2 heterocycles. The quantitative estimate of drug-likeness (QED) is 0.857. The maximum absolute atomic E-state index is 12.6. The highest BCUT2D eigenvalue weighted by atomic mass is 16.5. The lowest BCUT2D eigenvalue weighted by Gasteiger charge is -2.31. The van der Waals surface area contributed by atoms with Crippen LogP contribution in [0.4, 0.5) is 0 Å². The van der Waals surface area contributed by atoms with E-state index in [1.165, 1.54) is 0 Å². The Morgan fingerprint density at radius 1 is 1.50 bits per heavy atom. The van der Waals surface area contributed by atoms with Gasteiger partial charge in [0, 0.05) is 31.0 Å². The largest absolute Gasteiger partial charge is 0.496 e. The number of aryl methyl sites for hydroxylation is 1. The minimum atomic E-state index is -0.0496. The second-order valence-corrected chi connectivity index (χ2v) is 6.07. The lowest BCUT2D eigenvalue weighted by Crippen LogP contribution is -2.41. The van der Waals surface area contributed by atoms with Gasteiger partial charge in [-0.25, -0.2) is 0 Å². The van der Waals surface area contributed by atoms with Crippen molar-refractivity contribution in [1.82, 2.24) is 9.88 Å². The zero-order chi connectivity index (χ0) is 16.3. The van der Waals surface area contributed by atoms with Crippen LogP contribution in [0.15, 0.2) is 6.20 Å². The lowest BCUT2D eigenvalue weighted by atomic mass is 9.94. The summed E-state index contributed by atoms with van der Waals surface area (Å²) in [5.74, 6) is 0.930. The molecule has 1 aliphatic rings. The van der Waals surface area contributed by atoms with E-state index < -0.39 is 0 Å². The first-order valence-electron chi connectivity index (χ1n) is 7.81. The summed E-state index contributed by atoms with van der Waals surface area (Å²) in [6, 6.07) is 0. The molecule has 1 aromatic heterocycles. The molecule has 5 nitrogen and oxygen atoms in total. The fourth-order valence-electron chi connectivity index (χ4n) is 3.06. The van der Waals surface area contributed by atoms with Gasteiger partial charge < -0.3 is 14.4 Å². The van der Waals surface area contributed by atoms with Crippen LogP contribution in [0.2, 0.25) is 0 Å². The molecular weight excluding hydrogens is 280 g/mol. The summed E-state index contributed by atoms with van der Waals surface area (Å²) < 4.78 is 11.0. The molecule has 2 atom stereocenters. The number of methoxy groups -OCH3 is 1. The Kier molecular flexibility index (Phi) is 5.40. The van der Waals surface area contributed by atoms with Crippen LogP contribution in [0.25, 0.3) is 0 Å². The number of nitrogens with zero attached hydrogens (tertiary/aromatic N) is 2. The first-order valence-corrected chi connectivity index (χ1v) is 7.81. The van der Waals surface area contributed by atoms with Crippen LogP contribution in [0.1, 0.15) is 36.6 Å². The van der Waals surface area contributed by atoms with E-state index in [0.717, 1.165) is 42.0 Å². The van der Waals surface area contributed by atoms with E-state index in [9.17, 15) is 4.79 Å². The van der Waals surface area contributed by atoms with Crippen LogP contribution < -0.4 is 4.74 Å². The molecule has 22 heavy (non-hydrogen) atoms. The van der Waals surface area contributed by atoms with E-state index in [4.69, 9.17) is 9.47 Å². The number of aromatic nitrogens is 1. The average Bonchev–Trinajstić information content (AvgIpc) is 2.50. The highest BCUT2D eigenvalue weighted by molar-refractivity contribution is 5.79. The molecule has 0 N–H and O–H groups in total. The second-order valence-electron chi connectivity index (χ2n) is 6.07. The Morgan fingerprint density at radius 3 is 2.86 bits per heavy atom. The average molecular weight is 306 g/mol. The minimum absolute atomic E-state index is 0.00897. The van der Waals surface area contributed by atoms with Gasteiger partial charge in [0.2, 0.25) is 5.91 Å². The molecular formula is C17H26N2O3. The van der Waals surface area contributed by atoms with Gasteiger partial charge in [0.15, 0.2) is 0 Å². The summed E-state index contributed by atoms with van der Waals surface area (Å²) >= 11 is 0. The Balaban J connectivity index is 2.11. The number of hydrogen-bond donors (Lipinski definition) is 0. The number of pyridine rings is 1. The molecule has 1 aliphatic heterocycles. The molecule has 0 spiro atoms. The van der Waals surface area contributed by atoms with Crippen molar-refractivity contribution in [2.75, 3.05) is 20.8 Å². The van der Waals surface area contributed by atoms with Crippen molar-refractivity contribution in [1.29, 1.82) is 0 Å². The Hall–Kier alpha value is -1.62. The Morgan fingerprint density at radius 2 is 2.23 bits per heavy atom. The molecule has 0 aliphatic carbocycles. The summed E-state index contributed by atoms with van der Waals surface area (Å²) in [4.78, 5) is 18.9. The van der Waals surface area contributed by atoms with Crippen LogP contribution in [-0.4, -0.2) is 42.7 Å². The molecule has 1 aromatic rings. The van der Waals surface area contributed by atoms with Crippen molar-refractivity contribution in [3.63, 3.8) is 0 Å². The minimum Gasteiger partial charge on any atom is -0.496 e. The third-order valence-corrected chi connectivity index (χ3v) is 4.44. The molecule has 5 heteroatoms. The van der Waals surface area contributed by atoms with Crippen molar-refractivity contribution >= 4 is 5.91 Å². The summed E-state index contributed by atoms with van der Waals surface area (Å²) in [6.45, 7) is 7.18. The van der Waals surface area contributed by atoms with E-state index in [1.807, 2.05) is 27.8 Å². The number of ether oxygens (including phenoxy) is 2. The molecule has 0 aromatic carbocycles. The second kappa shape index (κ2) is 7.09. The molecule has 0 saturated carbocycles. The van der Waals surface area contributed by atoms with Gasteiger partial charge in [0.05, 0.1) is 31.4 Å². The summed E-state index contributed by atoms with van der Waals surface area (Å²) in [7, 11) is 3.49. The van der Waals surface area contributed by atoms with Gasteiger partial charge in [-0.3, -0.25) is 9.78 Å². The fraction of sp³-hybridized carbons (Fsp3) is 0.647. The Labute approximate surface area is 132 Å². The van der Waals surface area contributed by atoms with Gasteiger partial charge in [-0.05, 0) is 33.6 Å². The van der Waals surface area contributed by atoms with Gasteiger partial charge in [-0.15, -0.1) is 0 Å². The van der Waals surface area contributed by atoms with Gasteiger partial charge >= 0.3 is 0 Å². The standard InChI is InChI=1S/C17H26N2O3/c1-11-9-18-15(12(2)16(11)21-5)10-19(4)17(20)14-7-6-8-22-13(14)3/h9,13-14H,6-8,10H2,1-5H3. The van der Waals surface area contributed by atoms with Crippen molar-refractivity contribution in [2.45, 2.75) is 46.3 Å². The van der Waals surface area contributed by atoms with Gasteiger partial charge in [-0.1, -0.05) is 0 Å². The van der Waals surface area contributed by atoms with Crippen molar-refractivity contribution in [3.8, 4) is 5.75 Å². The summed E-state index contributed by atoms with van der Waals surface area (Å²) in [6.07, 6.45) is 3.63. The lowest BCUT2D eigenvalue weighted by molar-refractivity contribution is -0.143. The highest BCUT2D eigenvalue weighted by Crippen LogP contribution is 2.26. The highest BCUT2D eigenvalue weighted by Gasteiger charge is 2.31. The molecule has 0 bridgehead atoms. The zero-order valence-electron chi connectivity index (χ0n) is 14.2. The number of carbonyl (C=O) groups excluding carboxylic acids is 1. The molecule has 2 unspecified atom stereocenters.